The van der Waals surface area contributed by atoms with Crippen LogP contribution in [0.15, 0.2) is 47.4 Å². The van der Waals surface area contributed by atoms with Gasteiger partial charge >= 0.3 is 0 Å². The first kappa shape index (κ1) is 17.0. The van der Waals surface area contributed by atoms with Crippen LogP contribution in [0.1, 0.15) is 11.1 Å². The predicted octanol–water partition coefficient (Wildman–Crippen LogP) is 2.22. The Labute approximate surface area is 134 Å². The number of carbonyl (C=O) groups is 1. The van der Waals surface area contributed by atoms with E-state index in [1.165, 1.54) is 32.2 Å². The van der Waals surface area contributed by atoms with E-state index in [-0.39, 0.29) is 22.8 Å². The molecule has 2 aromatic carbocycles. The van der Waals surface area contributed by atoms with Crippen LogP contribution in [-0.4, -0.2) is 21.4 Å². The third-order valence-corrected chi connectivity index (χ3v) is 4.91. The minimum atomic E-state index is -3.95. The molecule has 0 radical (unpaired) electrons. The van der Waals surface area contributed by atoms with Crippen LogP contribution in [-0.2, 0) is 21.2 Å². The van der Waals surface area contributed by atoms with E-state index in [0.29, 0.717) is 11.3 Å². The lowest BCUT2D eigenvalue weighted by atomic mass is 10.1. The van der Waals surface area contributed by atoms with Crippen LogP contribution in [0.5, 0.6) is 0 Å². The fourth-order valence-electron chi connectivity index (χ4n) is 2.11. The first-order chi connectivity index (χ1) is 10.8. The van der Waals surface area contributed by atoms with Crippen LogP contribution < -0.4 is 10.0 Å². The Morgan fingerprint density at radius 2 is 1.83 bits per heavy atom. The number of amides is 1. The Hall–Kier alpha value is -2.41. The van der Waals surface area contributed by atoms with E-state index in [9.17, 15) is 17.6 Å². The third kappa shape index (κ3) is 3.87. The van der Waals surface area contributed by atoms with Gasteiger partial charge in [-0.25, -0.2) is 12.8 Å². The maximum absolute atomic E-state index is 13.6. The molecule has 0 heterocycles. The quantitative estimate of drug-likeness (QED) is 0.879. The SMILES string of the molecule is CNC(=O)Cc1ccccc1NS(=O)(=O)c1cccc(F)c1C. The van der Waals surface area contributed by atoms with Gasteiger partial charge in [0.25, 0.3) is 10.0 Å². The summed E-state index contributed by atoms with van der Waals surface area (Å²) >= 11 is 0. The summed E-state index contributed by atoms with van der Waals surface area (Å²) in [5.74, 6) is -0.829. The van der Waals surface area contributed by atoms with Crippen LogP contribution in [0.25, 0.3) is 0 Å². The number of halogens is 1. The first-order valence-electron chi connectivity index (χ1n) is 6.91. The maximum Gasteiger partial charge on any atom is 0.262 e. The van der Waals surface area contributed by atoms with Crippen LogP contribution in [0.4, 0.5) is 10.1 Å². The lowest BCUT2D eigenvalue weighted by molar-refractivity contribution is -0.119. The Bertz CT molecular complexity index is 835. The van der Waals surface area contributed by atoms with Crippen molar-refractivity contribution in [2.45, 2.75) is 18.2 Å². The lowest BCUT2D eigenvalue weighted by Crippen LogP contribution is -2.21. The molecule has 2 N–H and O–H groups in total. The fourth-order valence-corrected chi connectivity index (χ4v) is 3.47. The molecule has 0 spiro atoms. The van der Waals surface area contributed by atoms with Gasteiger partial charge < -0.3 is 5.32 Å². The van der Waals surface area contributed by atoms with E-state index in [1.807, 2.05) is 0 Å². The van der Waals surface area contributed by atoms with E-state index in [0.717, 1.165) is 0 Å². The molecule has 0 aromatic heterocycles. The monoisotopic (exact) mass is 336 g/mol. The molecule has 5 nitrogen and oxygen atoms in total. The molecule has 0 saturated carbocycles. The molecule has 7 heteroatoms. The van der Waals surface area contributed by atoms with Gasteiger partial charge in [-0.15, -0.1) is 0 Å². The molecule has 2 aromatic rings. The van der Waals surface area contributed by atoms with Gasteiger partial charge in [0.1, 0.15) is 5.82 Å². The van der Waals surface area contributed by atoms with Crippen molar-refractivity contribution in [1.82, 2.24) is 5.32 Å². The molecule has 0 atom stereocenters. The summed E-state index contributed by atoms with van der Waals surface area (Å²) in [6, 6.07) is 10.5. The van der Waals surface area contributed by atoms with Crippen LogP contribution >= 0.6 is 0 Å². The molecule has 0 unspecified atom stereocenters. The van der Waals surface area contributed by atoms with Gasteiger partial charge in [0.2, 0.25) is 5.91 Å². The molecule has 1 amide bonds. The highest BCUT2D eigenvalue weighted by atomic mass is 32.2. The summed E-state index contributed by atoms with van der Waals surface area (Å²) in [6.45, 7) is 1.40. The zero-order chi connectivity index (χ0) is 17.0. The fraction of sp³-hybridized carbons (Fsp3) is 0.188. The van der Waals surface area contributed by atoms with Crippen molar-refractivity contribution < 1.29 is 17.6 Å². The molecule has 2 rings (SSSR count). The third-order valence-electron chi connectivity index (χ3n) is 3.40. The van der Waals surface area contributed by atoms with Crippen molar-refractivity contribution in [1.29, 1.82) is 0 Å². The molecule has 23 heavy (non-hydrogen) atoms. The van der Waals surface area contributed by atoms with Gasteiger partial charge in [-0.3, -0.25) is 9.52 Å². The van der Waals surface area contributed by atoms with Gasteiger partial charge in [-0.05, 0) is 30.7 Å². The maximum atomic E-state index is 13.6. The van der Waals surface area contributed by atoms with E-state index in [2.05, 4.69) is 10.0 Å². The number of sulfonamides is 1. The average molecular weight is 336 g/mol. The second-order valence-corrected chi connectivity index (χ2v) is 6.63. The van der Waals surface area contributed by atoms with Crippen molar-refractivity contribution in [3.63, 3.8) is 0 Å². The smallest absolute Gasteiger partial charge is 0.262 e. The zero-order valence-corrected chi connectivity index (χ0v) is 13.6. The Kier molecular flexibility index (Phi) is 5.00. The van der Waals surface area contributed by atoms with Crippen molar-refractivity contribution in [3.05, 3.63) is 59.4 Å². The number of likely N-dealkylation sites (N-methyl/N-ethyl adjacent to an activating group) is 1. The van der Waals surface area contributed by atoms with E-state index < -0.39 is 15.8 Å². The molecule has 122 valence electrons. The topological polar surface area (TPSA) is 75.3 Å². The molecule has 0 saturated heterocycles. The molecule has 0 aliphatic rings. The molecular formula is C16H17FN2O3S. The number of nitrogens with one attached hydrogen (secondary N) is 2. The summed E-state index contributed by atoms with van der Waals surface area (Å²) in [7, 11) is -2.45. The van der Waals surface area contributed by atoms with Crippen LogP contribution in [0.2, 0.25) is 0 Å². The summed E-state index contributed by atoms with van der Waals surface area (Å²) in [5.41, 5.74) is 0.869. The second-order valence-electron chi connectivity index (χ2n) is 4.98. The Balaban J connectivity index is 2.38. The molecule has 0 aliphatic heterocycles. The second kappa shape index (κ2) is 6.78. The normalized spacial score (nSPS) is 11.1. The van der Waals surface area contributed by atoms with Crippen LogP contribution in [0.3, 0.4) is 0 Å². The number of rotatable bonds is 5. The summed E-state index contributed by atoms with van der Waals surface area (Å²) < 4.78 is 41.0. The predicted molar refractivity (Wildman–Crippen MR) is 86.2 cm³/mol. The largest absolute Gasteiger partial charge is 0.359 e. The zero-order valence-electron chi connectivity index (χ0n) is 12.8. The van der Waals surface area contributed by atoms with Crippen molar-refractivity contribution in [2.24, 2.45) is 0 Å². The van der Waals surface area contributed by atoms with Crippen molar-refractivity contribution in [2.75, 3.05) is 11.8 Å². The number of hydrogen-bond acceptors (Lipinski definition) is 3. The highest BCUT2D eigenvalue weighted by Crippen LogP contribution is 2.23. The van der Waals surface area contributed by atoms with E-state index in [1.54, 1.807) is 24.3 Å². The number of benzene rings is 2. The van der Waals surface area contributed by atoms with Gasteiger partial charge in [-0.2, -0.15) is 0 Å². The number of para-hydroxylation sites is 1. The first-order valence-corrected chi connectivity index (χ1v) is 8.40. The van der Waals surface area contributed by atoms with Gasteiger partial charge in [0.15, 0.2) is 0 Å². The molecule has 0 bridgehead atoms. The molecule has 0 aliphatic carbocycles. The standard InChI is InChI=1S/C16H17FN2O3S/c1-11-13(17)7-5-9-15(11)23(21,22)19-14-8-4-3-6-12(14)10-16(20)18-2/h3-9,19H,10H2,1-2H3,(H,18,20). The summed E-state index contributed by atoms with van der Waals surface area (Å²) in [6.07, 6.45) is 0.0390. The molecule has 0 fully saturated rings. The van der Waals surface area contributed by atoms with Gasteiger partial charge in [0.05, 0.1) is 17.0 Å². The number of hydrogen-bond donors (Lipinski definition) is 2. The van der Waals surface area contributed by atoms with Crippen LogP contribution in [0, 0.1) is 12.7 Å². The van der Waals surface area contributed by atoms with E-state index in [4.69, 9.17) is 0 Å². The van der Waals surface area contributed by atoms with E-state index >= 15 is 0 Å². The molecular weight excluding hydrogens is 319 g/mol. The minimum absolute atomic E-state index is 0.0390. The Morgan fingerprint density at radius 1 is 1.13 bits per heavy atom. The highest BCUT2D eigenvalue weighted by molar-refractivity contribution is 7.92. The van der Waals surface area contributed by atoms with Gasteiger partial charge in [0, 0.05) is 12.6 Å². The highest BCUT2D eigenvalue weighted by Gasteiger charge is 2.20. The average Bonchev–Trinajstić information content (AvgIpc) is 2.51. The van der Waals surface area contributed by atoms with Crippen molar-refractivity contribution in [3.8, 4) is 0 Å². The Morgan fingerprint density at radius 3 is 2.52 bits per heavy atom. The van der Waals surface area contributed by atoms with Crippen molar-refractivity contribution >= 4 is 21.6 Å². The summed E-state index contributed by atoms with van der Waals surface area (Å²) in [5, 5.41) is 2.49. The minimum Gasteiger partial charge on any atom is -0.359 e. The number of anilines is 1. The summed E-state index contributed by atoms with van der Waals surface area (Å²) in [4.78, 5) is 11.4. The van der Waals surface area contributed by atoms with Gasteiger partial charge in [-0.1, -0.05) is 24.3 Å². The lowest BCUT2D eigenvalue weighted by Gasteiger charge is -2.14. The number of carbonyl (C=O) groups excluding carboxylic acids is 1.